The van der Waals surface area contributed by atoms with Crippen LogP contribution < -0.4 is 10.1 Å². The van der Waals surface area contributed by atoms with Crippen molar-refractivity contribution in [2.45, 2.75) is 26.3 Å². The number of benzene rings is 1. The smallest absolute Gasteiger partial charge is 0.119 e. The van der Waals surface area contributed by atoms with E-state index in [0.717, 1.165) is 36.0 Å². The van der Waals surface area contributed by atoms with Crippen molar-refractivity contribution in [3.8, 4) is 5.75 Å². The van der Waals surface area contributed by atoms with Gasteiger partial charge < -0.3 is 10.1 Å². The summed E-state index contributed by atoms with van der Waals surface area (Å²) in [6, 6.07) is 10.2. The first-order valence-electron chi connectivity index (χ1n) is 6.59. The number of aryl methyl sites for hydroxylation is 1. The zero-order valence-electron chi connectivity index (χ0n) is 11.4. The molecule has 0 aliphatic carbocycles. The Morgan fingerprint density at radius 2 is 2.11 bits per heavy atom. The highest BCUT2D eigenvalue weighted by Crippen LogP contribution is 2.17. The number of aromatic nitrogens is 1. The Kier molecular flexibility index (Phi) is 5.36. The molecule has 0 saturated heterocycles. The molecule has 0 bridgehead atoms. The van der Waals surface area contributed by atoms with Gasteiger partial charge in [-0.3, -0.25) is 0 Å². The van der Waals surface area contributed by atoms with Gasteiger partial charge in [0, 0.05) is 11.1 Å². The van der Waals surface area contributed by atoms with Crippen molar-refractivity contribution >= 4 is 11.3 Å². The average molecular weight is 276 g/mol. The van der Waals surface area contributed by atoms with Crippen LogP contribution in [0.3, 0.4) is 0 Å². The summed E-state index contributed by atoms with van der Waals surface area (Å²) in [6.07, 6.45) is 0.990. The van der Waals surface area contributed by atoms with Crippen molar-refractivity contribution in [3.05, 3.63) is 46.4 Å². The average Bonchev–Trinajstić information content (AvgIpc) is 2.86. The van der Waals surface area contributed by atoms with Crippen LogP contribution in [0.25, 0.3) is 0 Å². The first-order chi connectivity index (χ1) is 9.25. The minimum Gasteiger partial charge on any atom is -0.494 e. The zero-order chi connectivity index (χ0) is 13.5. The van der Waals surface area contributed by atoms with Crippen LogP contribution in [0.15, 0.2) is 35.7 Å². The number of ether oxygens (including phenoxy) is 1. The Labute approximate surface area is 118 Å². The topological polar surface area (TPSA) is 34.1 Å². The number of nitrogens with one attached hydrogen (secondary N) is 1. The molecule has 1 atom stereocenters. The molecule has 1 aromatic carbocycles. The summed E-state index contributed by atoms with van der Waals surface area (Å²) in [7, 11) is 0. The Hall–Kier alpha value is -1.39. The van der Waals surface area contributed by atoms with Crippen LogP contribution in [-0.4, -0.2) is 18.1 Å². The second-order valence-electron chi connectivity index (χ2n) is 4.52. The van der Waals surface area contributed by atoms with Gasteiger partial charge in [0.25, 0.3) is 0 Å². The van der Waals surface area contributed by atoms with Crippen LogP contribution in [0.4, 0.5) is 0 Å². The third-order valence-corrected chi connectivity index (χ3v) is 3.94. The number of nitrogens with zero attached hydrogens (tertiary/aromatic N) is 1. The van der Waals surface area contributed by atoms with Crippen molar-refractivity contribution in [3.63, 3.8) is 0 Å². The number of hydrogen-bond acceptors (Lipinski definition) is 4. The van der Waals surface area contributed by atoms with E-state index < -0.39 is 0 Å². The summed E-state index contributed by atoms with van der Waals surface area (Å²) in [5.41, 5.74) is 1.10. The molecule has 0 fully saturated rings. The number of rotatable bonds is 7. The van der Waals surface area contributed by atoms with Gasteiger partial charge in [-0.05, 0) is 38.9 Å². The molecule has 19 heavy (non-hydrogen) atoms. The highest BCUT2D eigenvalue weighted by atomic mass is 32.1. The van der Waals surface area contributed by atoms with Gasteiger partial charge in [-0.1, -0.05) is 18.2 Å². The third kappa shape index (κ3) is 4.65. The Balaban J connectivity index is 1.62. The predicted molar refractivity (Wildman–Crippen MR) is 79.8 cm³/mol. The molecule has 0 spiro atoms. The van der Waals surface area contributed by atoms with E-state index in [0.29, 0.717) is 6.04 Å². The third-order valence-electron chi connectivity index (χ3n) is 2.79. The molecular weight excluding hydrogens is 256 g/mol. The fourth-order valence-electron chi connectivity index (χ4n) is 1.76. The summed E-state index contributed by atoms with van der Waals surface area (Å²) in [4.78, 5) is 4.48. The van der Waals surface area contributed by atoms with Gasteiger partial charge in [0.05, 0.1) is 12.6 Å². The maximum atomic E-state index is 5.64. The highest BCUT2D eigenvalue weighted by Gasteiger charge is 2.07. The summed E-state index contributed by atoms with van der Waals surface area (Å²) < 4.78 is 5.64. The number of para-hydroxylation sites is 1. The van der Waals surface area contributed by atoms with Crippen LogP contribution in [0.1, 0.15) is 30.1 Å². The minimum atomic E-state index is 0.315. The van der Waals surface area contributed by atoms with Gasteiger partial charge in [-0.2, -0.15) is 0 Å². The molecule has 2 aromatic rings. The standard InChI is InChI=1S/C15H20N2OS/c1-12-11-19-15(17-12)13(2)16-9-6-10-18-14-7-4-3-5-8-14/h3-5,7-8,11,13,16H,6,9-10H2,1-2H3. The zero-order valence-corrected chi connectivity index (χ0v) is 12.2. The maximum Gasteiger partial charge on any atom is 0.119 e. The van der Waals surface area contributed by atoms with Crippen molar-refractivity contribution in [2.24, 2.45) is 0 Å². The Bertz CT molecular complexity index is 484. The molecule has 0 saturated carbocycles. The van der Waals surface area contributed by atoms with Gasteiger partial charge >= 0.3 is 0 Å². The summed E-state index contributed by atoms with van der Waals surface area (Å²) >= 11 is 1.71. The maximum absolute atomic E-state index is 5.64. The molecule has 0 radical (unpaired) electrons. The predicted octanol–water partition coefficient (Wildman–Crippen LogP) is 3.57. The first kappa shape index (κ1) is 14.0. The van der Waals surface area contributed by atoms with E-state index in [2.05, 4.69) is 22.6 Å². The molecule has 102 valence electrons. The second kappa shape index (κ2) is 7.26. The monoisotopic (exact) mass is 276 g/mol. The van der Waals surface area contributed by atoms with Crippen molar-refractivity contribution in [1.29, 1.82) is 0 Å². The van der Waals surface area contributed by atoms with Gasteiger partial charge in [0.2, 0.25) is 0 Å². The lowest BCUT2D eigenvalue weighted by Gasteiger charge is -2.11. The Morgan fingerprint density at radius 3 is 2.79 bits per heavy atom. The van der Waals surface area contributed by atoms with E-state index in [1.807, 2.05) is 37.3 Å². The molecule has 1 heterocycles. The lowest BCUT2D eigenvalue weighted by Crippen LogP contribution is -2.21. The lowest BCUT2D eigenvalue weighted by molar-refractivity contribution is 0.305. The van der Waals surface area contributed by atoms with Crippen molar-refractivity contribution in [1.82, 2.24) is 10.3 Å². The van der Waals surface area contributed by atoms with E-state index >= 15 is 0 Å². The van der Waals surface area contributed by atoms with Crippen molar-refractivity contribution in [2.75, 3.05) is 13.2 Å². The van der Waals surface area contributed by atoms with Gasteiger partial charge in [0.15, 0.2) is 0 Å². The van der Waals surface area contributed by atoms with Crippen LogP contribution in [0.5, 0.6) is 5.75 Å². The van der Waals surface area contributed by atoms with Crippen LogP contribution in [-0.2, 0) is 0 Å². The van der Waals surface area contributed by atoms with Crippen LogP contribution >= 0.6 is 11.3 Å². The molecule has 1 unspecified atom stereocenters. The largest absolute Gasteiger partial charge is 0.494 e. The second-order valence-corrected chi connectivity index (χ2v) is 5.41. The normalized spacial score (nSPS) is 12.3. The van der Waals surface area contributed by atoms with E-state index in [9.17, 15) is 0 Å². The molecule has 4 heteroatoms. The van der Waals surface area contributed by atoms with Crippen molar-refractivity contribution < 1.29 is 4.74 Å². The SMILES string of the molecule is Cc1csc(C(C)NCCCOc2ccccc2)n1. The fourth-order valence-corrected chi connectivity index (χ4v) is 2.58. The molecule has 0 amide bonds. The molecule has 1 aromatic heterocycles. The van der Waals surface area contributed by atoms with E-state index in [1.54, 1.807) is 11.3 Å². The van der Waals surface area contributed by atoms with E-state index in [4.69, 9.17) is 4.74 Å². The van der Waals surface area contributed by atoms with Gasteiger partial charge in [-0.15, -0.1) is 11.3 Å². The van der Waals surface area contributed by atoms with E-state index in [-0.39, 0.29) is 0 Å². The summed E-state index contributed by atoms with van der Waals surface area (Å²) in [5, 5.41) is 6.71. The number of thiazole rings is 1. The minimum absolute atomic E-state index is 0.315. The van der Waals surface area contributed by atoms with E-state index in [1.165, 1.54) is 0 Å². The van der Waals surface area contributed by atoms with Gasteiger partial charge in [0.1, 0.15) is 10.8 Å². The van der Waals surface area contributed by atoms with Gasteiger partial charge in [-0.25, -0.2) is 4.98 Å². The van der Waals surface area contributed by atoms with Crippen LogP contribution in [0.2, 0.25) is 0 Å². The van der Waals surface area contributed by atoms with Crippen LogP contribution in [0, 0.1) is 6.92 Å². The quantitative estimate of drug-likeness (QED) is 0.785. The summed E-state index contributed by atoms with van der Waals surface area (Å²) in [6.45, 7) is 5.85. The first-order valence-corrected chi connectivity index (χ1v) is 7.47. The fraction of sp³-hybridized carbons (Fsp3) is 0.400. The Morgan fingerprint density at radius 1 is 1.32 bits per heavy atom. The molecular formula is C15H20N2OS. The molecule has 2 rings (SSSR count). The summed E-state index contributed by atoms with van der Waals surface area (Å²) in [5.74, 6) is 0.936. The molecule has 3 nitrogen and oxygen atoms in total. The number of hydrogen-bond donors (Lipinski definition) is 1. The molecule has 1 N–H and O–H groups in total. The molecule has 0 aliphatic heterocycles. The molecule has 0 aliphatic rings. The highest BCUT2D eigenvalue weighted by molar-refractivity contribution is 7.09. The lowest BCUT2D eigenvalue weighted by atomic mass is 10.3.